The molecule has 23 heavy (non-hydrogen) atoms. The number of phenols is 1. The van der Waals surface area contributed by atoms with Crippen LogP contribution in [-0.4, -0.2) is 34.7 Å². The summed E-state index contributed by atoms with van der Waals surface area (Å²) in [5, 5.41) is 13.1. The van der Waals surface area contributed by atoms with E-state index in [1.165, 1.54) is 12.1 Å². The molecule has 2 heterocycles. The van der Waals surface area contributed by atoms with E-state index in [0.29, 0.717) is 17.9 Å². The molecule has 2 aromatic carbocycles. The highest BCUT2D eigenvalue weighted by atomic mass is 16.3. The van der Waals surface area contributed by atoms with Gasteiger partial charge in [-0.1, -0.05) is 24.3 Å². The summed E-state index contributed by atoms with van der Waals surface area (Å²) in [6.07, 6.45) is 1.52. The molecule has 0 fully saturated rings. The third-order valence-corrected chi connectivity index (χ3v) is 4.00. The number of nitrogens with one attached hydrogen (secondary N) is 1. The summed E-state index contributed by atoms with van der Waals surface area (Å²) in [7, 11) is 0. The Balaban J connectivity index is 1.74. The summed E-state index contributed by atoms with van der Waals surface area (Å²) in [6.45, 7) is 1.43. The molecule has 0 aromatic heterocycles. The Bertz CT molecular complexity index is 855. The molecule has 114 valence electrons. The van der Waals surface area contributed by atoms with Crippen molar-refractivity contribution in [3.05, 3.63) is 71.6 Å². The number of aliphatic imine (C=N–C) groups is 1. The number of carbonyl (C=O) groups is 1. The molecule has 0 bridgehead atoms. The van der Waals surface area contributed by atoms with Gasteiger partial charge in [0.1, 0.15) is 17.4 Å². The predicted octanol–water partition coefficient (Wildman–Crippen LogP) is 2.60. The fraction of sp³-hybridized carbons (Fsp3) is 0.111. The fourth-order valence-electron chi connectivity index (χ4n) is 2.90. The highest BCUT2D eigenvalue weighted by Gasteiger charge is 2.29. The van der Waals surface area contributed by atoms with Gasteiger partial charge in [0.25, 0.3) is 0 Å². The van der Waals surface area contributed by atoms with Gasteiger partial charge in [0, 0.05) is 18.2 Å². The first-order valence-electron chi connectivity index (χ1n) is 7.46. The third-order valence-electron chi connectivity index (χ3n) is 4.00. The van der Waals surface area contributed by atoms with Crippen molar-refractivity contribution >= 4 is 17.3 Å². The first-order valence-corrected chi connectivity index (χ1v) is 7.46. The summed E-state index contributed by atoms with van der Waals surface area (Å²) in [4.78, 5) is 19.0. The lowest BCUT2D eigenvalue weighted by Crippen LogP contribution is -2.36. The maximum Gasteiger partial charge on any atom is 0.193 e. The highest BCUT2D eigenvalue weighted by Crippen LogP contribution is 2.30. The van der Waals surface area contributed by atoms with Crippen molar-refractivity contribution in [3.63, 3.8) is 0 Å². The lowest BCUT2D eigenvalue weighted by atomic mass is 10.1. The van der Waals surface area contributed by atoms with Crippen molar-refractivity contribution < 1.29 is 9.90 Å². The van der Waals surface area contributed by atoms with Crippen LogP contribution in [0.5, 0.6) is 5.75 Å². The molecule has 0 saturated carbocycles. The van der Waals surface area contributed by atoms with Gasteiger partial charge in [0.15, 0.2) is 5.78 Å². The molecule has 0 amide bonds. The molecule has 0 unspecified atom stereocenters. The number of phenolic OH excluding ortho intramolecular Hbond substituents is 1. The Morgan fingerprint density at radius 1 is 1.17 bits per heavy atom. The Kier molecular flexibility index (Phi) is 3.12. The van der Waals surface area contributed by atoms with Gasteiger partial charge in [0.2, 0.25) is 0 Å². The SMILES string of the molecule is O=C(/C=C1\Nc2ccccc2C2=NCCN21)c1ccccc1O. The molecule has 0 radical (unpaired) electrons. The molecule has 2 aromatic rings. The number of nitrogens with zero attached hydrogens (tertiary/aromatic N) is 2. The van der Waals surface area contributed by atoms with Crippen LogP contribution in [0.1, 0.15) is 15.9 Å². The Morgan fingerprint density at radius 3 is 2.83 bits per heavy atom. The van der Waals surface area contributed by atoms with Crippen molar-refractivity contribution in [2.45, 2.75) is 0 Å². The van der Waals surface area contributed by atoms with Crippen molar-refractivity contribution in [1.29, 1.82) is 0 Å². The minimum Gasteiger partial charge on any atom is -0.507 e. The molecular weight excluding hydrogens is 290 g/mol. The molecule has 4 rings (SSSR count). The van der Waals surface area contributed by atoms with Crippen molar-refractivity contribution in [2.24, 2.45) is 4.99 Å². The van der Waals surface area contributed by atoms with Gasteiger partial charge in [-0.25, -0.2) is 0 Å². The van der Waals surface area contributed by atoms with E-state index in [1.54, 1.807) is 18.2 Å². The molecule has 0 saturated heterocycles. The van der Waals surface area contributed by atoms with Crippen molar-refractivity contribution in [3.8, 4) is 5.75 Å². The number of ketones is 1. The van der Waals surface area contributed by atoms with E-state index in [1.807, 2.05) is 29.2 Å². The second-order valence-electron chi connectivity index (χ2n) is 5.44. The number of carbonyl (C=O) groups excluding carboxylic acids is 1. The maximum absolute atomic E-state index is 12.5. The second-order valence-corrected chi connectivity index (χ2v) is 5.44. The average molecular weight is 305 g/mol. The van der Waals surface area contributed by atoms with E-state index in [0.717, 1.165) is 23.6 Å². The van der Waals surface area contributed by atoms with Gasteiger partial charge in [-0.2, -0.15) is 0 Å². The molecule has 2 aliphatic heterocycles. The number of benzene rings is 2. The van der Waals surface area contributed by atoms with E-state index < -0.39 is 0 Å². The standard InChI is InChI=1S/C18H15N3O2/c22-15-8-4-2-6-13(15)16(23)11-17-20-14-7-3-1-5-12(14)18-19-9-10-21(17)18/h1-8,11,20,22H,9-10H2/b17-11+. The summed E-state index contributed by atoms with van der Waals surface area (Å²) in [6, 6.07) is 14.5. The summed E-state index contributed by atoms with van der Waals surface area (Å²) >= 11 is 0. The fourth-order valence-corrected chi connectivity index (χ4v) is 2.90. The number of allylic oxidation sites excluding steroid dienone is 1. The topological polar surface area (TPSA) is 64.9 Å². The predicted molar refractivity (Wildman–Crippen MR) is 88.7 cm³/mol. The van der Waals surface area contributed by atoms with E-state index in [2.05, 4.69) is 10.3 Å². The second kappa shape index (κ2) is 5.28. The van der Waals surface area contributed by atoms with Crippen LogP contribution in [0, 0.1) is 0 Å². The molecule has 0 aliphatic carbocycles. The van der Waals surface area contributed by atoms with Gasteiger partial charge < -0.3 is 15.3 Å². The monoisotopic (exact) mass is 305 g/mol. The Hall–Kier alpha value is -3.08. The normalized spacial score (nSPS) is 17.3. The van der Waals surface area contributed by atoms with E-state index in [4.69, 9.17) is 0 Å². The number of hydrogen-bond donors (Lipinski definition) is 2. The summed E-state index contributed by atoms with van der Waals surface area (Å²) in [5.74, 6) is 1.32. The molecule has 2 N–H and O–H groups in total. The number of aromatic hydroxyl groups is 1. The molecule has 2 aliphatic rings. The van der Waals surface area contributed by atoms with Gasteiger partial charge in [0.05, 0.1) is 17.8 Å². The Morgan fingerprint density at radius 2 is 1.96 bits per heavy atom. The molecule has 5 nitrogen and oxygen atoms in total. The first-order chi connectivity index (χ1) is 11.2. The number of fused-ring (bicyclic) bond motifs is 3. The van der Waals surface area contributed by atoms with Crippen molar-refractivity contribution in [1.82, 2.24) is 4.90 Å². The maximum atomic E-state index is 12.5. The first kappa shape index (κ1) is 13.6. The van der Waals surface area contributed by atoms with Crippen LogP contribution in [0.4, 0.5) is 5.69 Å². The van der Waals surface area contributed by atoms with E-state index in [-0.39, 0.29) is 11.5 Å². The minimum atomic E-state index is -0.240. The number of anilines is 1. The van der Waals surface area contributed by atoms with Crippen LogP contribution >= 0.6 is 0 Å². The average Bonchev–Trinajstić information content (AvgIpc) is 3.05. The zero-order valence-electron chi connectivity index (χ0n) is 12.4. The van der Waals surface area contributed by atoms with Crippen LogP contribution in [0.3, 0.4) is 0 Å². The quantitative estimate of drug-likeness (QED) is 0.661. The molecule has 5 heteroatoms. The van der Waals surface area contributed by atoms with E-state index >= 15 is 0 Å². The molecule has 0 atom stereocenters. The zero-order valence-corrected chi connectivity index (χ0v) is 12.4. The largest absolute Gasteiger partial charge is 0.507 e. The van der Waals surface area contributed by atoms with Gasteiger partial charge in [-0.05, 0) is 24.3 Å². The van der Waals surface area contributed by atoms with Gasteiger partial charge in [-0.15, -0.1) is 0 Å². The lowest BCUT2D eigenvalue weighted by Gasteiger charge is -2.31. The lowest BCUT2D eigenvalue weighted by molar-refractivity contribution is 0.104. The minimum absolute atomic E-state index is 0.0131. The van der Waals surface area contributed by atoms with Crippen LogP contribution < -0.4 is 5.32 Å². The van der Waals surface area contributed by atoms with Crippen LogP contribution in [0.15, 0.2) is 65.4 Å². The number of amidine groups is 1. The zero-order chi connectivity index (χ0) is 15.8. The van der Waals surface area contributed by atoms with Gasteiger partial charge in [-0.3, -0.25) is 9.79 Å². The highest BCUT2D eigenvalue weighted by molar-refractivity contribution is 6.11. The van der Waals surface area contributed by atoms with Gasteiger partial charge >= 0.3 is 0 Å². The van der Waals surface area contributed by atoms with E-state index in [9.17, 15) is 9.90 Å². The number of para-hydroxylation sites is 2. The number of rotatable bonds is 2. The Labute approximate surface area is 133 Å². The third kappa shape index (κ3) is 2.26. The summed E-state index contributed by atoms with van der Waals surface area (Å²) in [5.41, 5.74) is 2.26. The molecule has 0 spiro atoms. The summed E-state index contributed by atoms with van der Waals surface area (Å²) < 4.78 is 0. The van der Waals surface area contributed by atoms with Crippen molar-refractivity contribution in [2.75, 3.05) is 18.4 Å². The smallest absolute Gasteiger partial charge is 0.193 e. The number of hydrogen-bond acceptors (Lipinski definition) is 5. The van der Waals surface area contributed by atoms with Crippen LogP contribution in [-0.2, 0) is 0 Å². The molecular formula is C18H15N3O2. The van der Waals surface area contributed by atoms with Crippen LogP contribution in [0.25, 0.3) is 0 Å². The van der Waals surface area contributed by atoms with Crippen LogP contribution in [0.2, 0.25) is 0 Å².